The lowest BCUT2D eigenvalue weighted by Crippen LogP contribution is -2.29. The number of aromatic nitrogens is 3. The van der Waals surface area contributed by atoms with Crippen LogP contribution in [-0.2, 0) is 5.41 Å². The van der Waals surface area contributed by atoms with Crippen molar-refractivity contribution in [1.82, 2.24) is 20.5 Å². The van der Waals surface area contributed by atoms with Crippen molar-refractivity contribution in [3.8, 4) is 0 Å². The van der Waals surface area contributed by atoms with E-state index >= 15 is 0 Å². The van der Waals surface area contributed by atoms with Gasteiger partial charge in [0.2, 0.25) is 5.95 Å². The molecule has 1 aromatic rings. The lowest BCUT2D eigenvalue weighted by atomic mass is 9.78. The van der Waals surface area contributed by atoms with E-state index in [9.17, 15) is 0 Å². The van der Waals surface area contributed by atoms with E-state index in [1.54, 1.807) is 0 Å². The molecule has 1 aromatic heterocycles. The Morgan fingerprint density at radius 3 is 2.71 bits per heavy atom. The summed E-state index contributed by atoms with van der Waals surface area (Å²) >= 11 is 0. The van der Waals surface area contributed by atoms with Crippen LogP contribution in [0.25, 0.3) is 0 Å². The van der Waals surface area contributed by atoms with Crippen molar-refractivity contribution >= 4 is 5.95 Å². The Morgan fingerprint density at radius 1 is 1.14 bits per heavy atom. The third-order valence-electron chi connectivity index (χ3n) is 4.96. The molecule has 0 amide bonds. The number of nitrogens with zero attached hydrogens (tertiary/aromatic N) is 3. The highest BCUT2D eigenvalue weighted by atomic mass is 15.4. The summed E-state index contributed by atoms with van der Waals surface area (Å²) in [5.41, 5.74) is 0.253. The highest BCUT2D eigenvalue weighted by Gasteiger charge is 2.39. The van der Waals surface area contributed by atoms with E-state index in [0.29, 0.717) is 5.92 Å². The van der Waals surface area contributed by atoms with Crippen LogP contribution in [0.1, 0.15) is 58.2 Å². The summed E-state index contributed by atoms with van der Waals surface area (Å²) in [6.45, 7) is 8.83. The van der Waals surface area contributed by atoms with Crippen LogP contribution in [-0.4, -0.2) is 41.4 Å². The highest BCUT2D eigenvalue weighted by Crippen LogP contribution is 2.44. The Kier molecular flexibility index (Phi) is 4.48. The van der Waals surface area contributed by atoms with Crippen LogP contribution in [0.2, 0.25) is 0 Å². The second-order valence-corrected chi connectivity index (χ2v) is 7.16. The molecule has 5 nitrogen and oxygen atoms in total. The van der Waals surface area contributed by atoms with Gasteiger partial charge in [-0.3, -0.25) is 5.10 Å². The minimum atomic E-state index is 0.253. The molecule has 0 bridgehead atoms. The zero-order valence-corrected chi connectivity index (χ0v) is 13.5. The molecule has 0 spiro atoms. The topological polar surface area (TPSA) is 56.8 Å². The van der Waals surface area contributed by atoms with Crippen LogP contribution < -0.4 is 10.2 Å². The van der Waals surface area contributed by atoms with Crippen LogP contribution >= 0.6 is 0 Å². The third kappa shape index (κ3) is 3.23. The molecule has 2 N–H and O–H groups in total. The van der Waals surface area contributed by atoms with Gasteiger partial charge in [-0.05, 0) is 38.1 Å². The van der Waals surface area contributed by atoms with Crippen molar-refractivity contribution < 1.29 is 0 Å². The molecule has 118 valence electrons. The number of hydrogen-bond acceptors (Lipinski definition) is 4. The van der Waals surface area contributed by atoms with Crippen molar-refractivity contribution in [2.24, 2.45) is 5.92 Å². The summed E-state index contributed by atoms with van der Waals surface area (Å²) in [5, 5.41) is 11.3. The predicted octanol–water partition coefficient (Wildman–Crippen LogP) is 2.46. The Bertz CT molecular complexity index is 439. The number of hydrogen-bond donors (Lipinski definition) is 2. The van der Waals surface area contributed by atoms with Gasteiger partial charge < -0.3 is 10.2 Å². The molecule has 0 atom stereocenters. The molecular formula is C16H29N5. The molecule has 5 heteroatoms. The van der Waals surface area contributed by atoms with E-state index in [0.717, 1.165) is 38.0 Å². The second kappa shape index (κ2) is 6.34. The minimum absolute atomic E-state index is 0.253. The van der Waals surface area contributed by atoms with Gasteiger partial charge >= 0.3 is 0 Å². The van der Waals surface area contributed by atoms with Gasteiger partial charge in [0.15, 0.2) is 0 Å². The maximum atomic E-state index is 4.91. The zero-order chi connectivity index (χ0) is 14.7. The van der Waals surface area contributed by atoms with E-state index in [1.807, 2.05) is 0 Å². The molecule has 1 saturated carbocycles. The Labute approximate surface area is 127 Å². The monoisotopic (exact) mass is 291 g/mol. The fraction of sp³-hybridized carbons (Fsp3) is 0.875. The van der Waals surface area contributed by atoms with Crippen molar-refractivity contribution in [2.45, 2.75) is 57.8 Å². The van der Waals surface area contributed by atoms with Crippen molar-refractivity contribution in [3.63, 3.8) is 0 Å². The van der Waals surface area contributed by atoms with Gasteiger partial charge in [-0.25, -0.2) is 0 Å². The number of aromatic amines is 1. The van der Waals surface area contributed by atoms with Crippen molar-refractivity contribution in [2.75, 3.05) is 31.1 Å². The van der Waals surface area contributed by atoms with E-state index in [4.69, 9.17) is 4.98 Å². The Morgan fingerprint density at radius 2 is 1.95 bits per heavy atom. The van der Waals surface area contributed by atoms with E-state index in [1.165, 1.54) is 38.5 Å². The summed E-state index contributed by atoms with van der Waals surface area (Å²) in [5.74, 6) is 2.75. The van der Waals surface area contributed by atoms with E-state index < -0.39 is 0 Å². The molecule has 1 aliphatic heterocycles. The molecule has 0 unspecified atom stereocenters. The number of anilines is 1. The molecule has 2 heterocycles. The van der Waals surface area contributed by atoms with Gasteiger partial charge in [0, 0.05) is 25.0 Å². The zero-order valence-electron chi connectivity index (χ0n) is 13.5. The molecule has 1 aliphatic carbocycles. The maximum Gasteiger partial charge on any atom is 0.244 e. The maximum absolute atomic E-state index is 4.91. The SMILES string of the molecule is CC(C)CC1(c2nc(N3CCCNCC3)n[nH]2)CCCC1. The quantitative estimate of drug-likeness (QED) is 0.895. The fourth-order valence-corrected chi connectivity index (χ4v) is 4.05. The Balaban J connectivity index is 1.78. The van der Waals surface area contributed by atoms with Gasteiger partial charge in [-0.15, -0.1) is 5.10 Å². The normalized spacial score (nSPS) is 22.7. The van der Waals surface area contributed by atoms with Crippen LogP contribution in [0.3, 0.4) is 0 Å². The van der Waals surface area contributed by atoms with Crippen LogP contribution in [0, 0.1) is 5.92 Å². The standard InChI is InChI=1S/C16H29N5/c1-13(2)12-16(6-3-4-7-16)14-18-15(20-19-14)21-10-5-8-17-9-11-21/h13,17H,3-12H2,1-2H3,(H,18,19,20). The lowest BCUT2D eigenvalue weighted by Gasteiger charge is -2.28. The number of nitrogens with one attached hydrogen (secondary N) is 2. The molecule has 2 aliphatic rings. The summed E-state index contributed by atoms with van der Waals surface area (Å²) in [4.78, 5) is 7.23. The first-order valence-electron chi connectivity index (χ1n) is 8.58. The molecule has 2 fully saturated rings. The predicted molar refractivity (Wildman–Crippen MR) is 85.7 cm³/mol. The molecule has 0 aromatic carbocycles. The average Bonchev–Trinajstić information content (AvgIpc) is 3.03. The van der Waals surface area contributed by atoms with Crippen molar-refractivity contribution in [3.05, 3.63) is 5.82 Å². The largest absolute Gasteiger partial charge is 0.338 e. The fourth-order valence-electron chi connectivity index (χ4n) is 4.05. The van der Waals surface area contributed by atoms with Gasteiger partial charge in [0.25, 0.3) is 0 Å². The summed E-state index contributed by atoms with van der Waals surface area (Å²) < 4.78 is 0. The van der Waals surface area contributed by atoms with Crippen LogP contribution in [0.4, 0.5) is 5.95 Å². The number of rotatable bonds is 4. The molecule has 21 heavy (non-hydrogen) atoms. The first-order valence-corrected chi connectivity index (χ1v) is 8.58. The van der Waals surface area contributed by atoms with Gasteiger partial charge in [0.05, 0.1) is 0 Å². The summed E-state index contributed by atoms with van der Waals surface area (Å²) in [7, 11) is 0. The Hall–Kier alpha value is -1.10. The second-order valence-electron chi connectivity index (χ2n) is 7.16. The first-order chi connectivity index (χ1) is 10.2. The highest BCUT2D eigenvalue weighted by molar-refractivity contribution is 5.31. The summed E-state index contributed by atoms with van der Waals surface area (Å²) in [6.07, 6.45) is 7.58. The molecule has 1 saturated heterocycles. The van der Waals surface area contributed by atoms with E-state index in [-0.39, 0.29) is 5.41 Å². The average molecular weight is 291 g/mol. The van der Waals surface area contributed by atoms with Crippen molar-refractivity contribution in [1.29, 1.82) is 0 Å². The minimum Gasteiger partial charge on any atom is -0.338 e. The van der Waals surface area contributed by atoms with Crippen LogP contribution in [0.5, 0.6) is 0 Å². The van der Waals surface area contributed by atoms with Gasteiger partial charge in [-0.1, -0.05) is 26.7 Å². The summed E-state index contributed by atoms with van der Waals surface area (Å²) in [6, 6.07) is 0. The van der Waals surface area contributed by atoms with E-state index in [2.05, 4.69) is 34.3 Å². The third-order valence-corrected chi connectivity index (χ3v) is 4.96. The molecule has 3 rings (SSSR count). The smallest absolute Gasteiger partial charge is 0.244 e. The number of H-pyrrole nitrogens is 1. The van der Waals surface area contributed by atoms with Crippen LogP contribution in [0.15, 0.2) is 0 Å². The molecule has 0 radical (unpaired) electrons. The molecular weight excluding hydrogens is 262 g/mol. The lowest BCUT2D eigenvalue weighted by molar-refractivity contribution is 0.330. The first kappa shape index (κ1) is 14.8. The van der Waals surface area contributed by atoms with Gasteiger partial charge in [0.1, 0.15) is 5.82 Å². The van der Waals surface area contributed by atoms with Gasteiger partial charge in [-0.2, -0.15) is 4.98 Å².